The predicted molar refractivity (Wildman–Crippen MR) is 131 cm³/mol. The molecule has 0 aliphatic carbocycles. The van der Waals surface area contributed by atoms with Gasteiger partial charge in [-0.3, -0.25) is 18.6 Å². The molecule has 0 aliphatic rings. The SMILES string of the molecule is COCCCn1c(=O)c2ccccc2n2c(SCC(=O)N(c3ccccc3)C(C)C)nnc12. The number of aryl methyl sites for hydroxylation is 1. The molecular formula is C24H27N5O3S. The molecule has 2 heterocycles. The van der Waals surface area contributed by atoms with E-state index in [1.807, 2.05) is 66.8 Å². The first-order valence-electron chi connectivity index (χ1n) is 10.9. The fraction of sp³-hybridized carbons (Fsp3) is 0.333. The van der Waals surface area contributed by atoms with Crippen LogP contribution in [0, 0.1) is 0 Å². The number of aromatic nitrogens is 4. The molecule has 0 N–H and O–H groups in total. The zero-order valence-electron chi connectivity index (χ0n) is 19.0. The summed E-state index contributed by atoms with van der Waals surface area (Å²) in [5.74, 6) is 0.648. The van der Waals surface area contributed by atoms with Crippen molar-refractivity contribution in [3.8, 4) is 0 Å². The molecule has 0 spiro atoms. The van der Waals surface area contributed by atoms with Gasteiger partial charge in [0.15, 0.2) is 5.16 Å². The third-order valence-corrected chi connectivity index (χ3v) is 6.27. The first-order valence-corrected chi connectivity index (χ1v) is 11.9. The smallest absolute Gasteiger partial charge is 0.262 e. The van der Waals surface area contributed by atoms with Gasteiger partial charge in [-0.2, -0.15) is 0 Å². The Morgan fingerprint density at radius 2 is 1.82 bits per heavy atom. The van der Waals surface area contributed by atoms with E-state index in [0.717, 1.165) is 11.2 Å². The highest BCUT2D eigenvalue weighted by molar-refractivity contribution is 7.99. The van der Waals surface area contributed by atoms with Crippen LogP contribution in [0.15, 0.2) is 64.5 Å². The van der Waals surface area contributed by atoms with E-state index in [0.29, 0.717) is 35.9 Å². The maximum Gasteiger partial charge on any atom is 0.262 e. The molecule has 8 nitrogen and oxygen atoms in total. The Kier molecular flexibility index (Phi) is 7.10. The number of hydrogen-bond donors (Lipinski definition) is 0. The second-order valence-electron chi connectivity index (χ2n) is 7.92. The minimum Gasteiger partial charge on any atom is -0.385 e. The van der Waals surface area contributed by atoms with Crippen LogP contribution >= 0.6 is 11.8 Å². The average molecular weight is 466 g/mol. The zero-order chi connectivity index (χ0) is 23.4. The summed E-state index contributed by atoms with van der Waals surface area (Å²) >= 11 is 1.32. The Labute approximate surface area is 196 Å². The molecule has 2 aromatic heterocycles. The number of thioether (sulfide) groups is 1. The monoisotopic (exact) mass is 465 g/mol. The summed E-state index contributed by atoms with van der Waals surface area (Å²) in [6.45, 7) is 5.00. The molecule has 0 fully saturated rings. The summed E-state index contributed by atoms with van der Waals surface area (Å²) in [5, 5.41) is 9.81. The Morgan fingerprint density at radius 3 is 2.55 bits per heavy atom. The fourth-order valence-corrected chi connectivity index (χ4v) is 4.71. The number of ether oxygens (including phenoxy) is 1. The lowest BCUT2D eigenvalue weighted by Gasteiger charge is -2.26. The Bertz CT molecular complexity index is 1320. The number of benzene rings is 2. The van der Waals surface area contributed by atoms with Gasteiger partial charge >= 0.3 is 0 Å². The summed E-state index contributed by atoms with van der Waals surface area (Å²) in [6, 6.07) is 17.1. The molecule has 0 radical (unpaired) electrons. The Morgan fingerprint density at radius 1 is 1.09 bits per heavy atom. The molecule has 0 saturated heterocycles. The van der Waals surface area contributed by atoms with Crippen molar-refractivity contribution in [2.75, 3.05) is 24.4 Å². The number of methoxy groups -OCH3 is 1. The number of hydrogen-bond acceptors (Lipinski definition) is 6. The fourth-order valence-electron chi connectivity index (χ4n) is 3.91. The minimum atomic E-state index is -0.107. The van der Waals surface area contributed by atoms with Crippen LogP contribution in [-0.4, -0.2) is 50.6 Å². The van der Waals surface area contributed by atoms with Crippen LogP contribution in [0.2, 0.25) is 0 Å². The topological polar surface area (TPSA) is 81.7 Å². The molecule has 9 heteroatoms. The van der Waals surface area contributed by atoms with E-state index in [1.54, 1.807) is 22.6 Å². The van der Waals surface area contributed by atoms with E-state index >= 15 is 0 Å². The molecular weight excluding hydrogens is 438 g/mol. The van der Waals surface area contributed by atoms with Crippen LogP contribution in [-0.2, 0) is 16.1 Å². The number of para-hydroxylation sites is 2. The predicted octanol–water partition coefficient (Wildman–Crippen LogP) is 3.61. The largest absolute Gasteiger partial charge is 0.385 e. The van der Waals surface area contributed by atoms with E-state index in [4.69, 9.17) is 4.74 Å². The molecule has 172 valence electrons. The van der Waals surface area contributed by atoms with Gasteiger partial charge in [-0.1, -0.05) is 42.1 Å². The molecule has 4 rings (SSSR count). The average Bonchev–Trinajstić information content (AvgIpc) is 3.24. The van der Waals surface area contributed by atoms with Crippen molar-refractivity contribution in [1.82, 2.24) is 19.2 Å². The molecule has 0 aliphatic heterocycles. The Hall–Kier alpha value is -3.17. The molecule has 0 atom stereocenters. The van der Waals surface area contributed by atoms with E-state index in [1.165, 1.54) is 11.8 Å². The van der Waals surface area contributed by atoms with Crippen LogP contribution in [0.3, 0.4) is 0 Å². The second kappa shape index (κ2) is 10.2. The maximum absolute atomic E-state index is 13.2. The van der Waals surface area contributed by atoms with E-state index in [2.05, 4.69) is 10.2 Å². The number of amides is 1. The number of rotatable bonds is 9. The first kappa shape index (κ1) is 23.0. The summed E-state index contributed by atoms with van der Waals surface area (Å²) in [6.07, 6.45) is 0.679. The van der Waals surface area contributed by atoms with Crippen LogP contribution in [0.5, 0.6) is 0 Å². The van der Waals surface area contributed by atoms with Gasteiger partial charge in [-0.15, -0.1) is 10.2 Å². The van der Waals surface area contributed by atoms with Gasteiger partial charge in [0.2, 0.25) is 11.7 Å². The minimum absolute atomic E-state index is 0.0161. The van der Waals surface area contributed by atoms with Crippen molar-refractivity contribution in [2.45, 2.75) is 38.0 Å². The molecule has 4 aromatic rings. The van der Waals surface area contributed by atoms with E-state index in [9.17, 15) is 9.59 Å². The summed E-state index contributed by atoms with van der Waals surface area (Å²) in [4.78, 5) is 28.0. The number of anilines is 1. The normalized spacial score (nSPS) is 11.5. The van der Waals surface area contributed by atoms with Crippen LogP contribution in [0.1, 0.15) is 20.3 Å². The van der Waals surface area contributed by atoms with Crippen molar-refractivity contribution in [1.29, 1.82) is 0 Å². The number of carbonyl (C=O) groups excluding carboxylic acids is 1. The summed E-state index contributed by atoms with van der Waals surface area (Å²) < 4.78 is 8.64. The summed E-state index contributed by atoms with van der Waals surface area (Å²) in [7, 11) is 1.64. The van der Waals surface area contributed by atoms with Crippen molar-refractivity contribution >= 4 is 40.0 Å². The van der Waals surface area contributed by atoms with Crippen molar-refractivity contribution in [3.05, 3.63) is 65.0 Å². The van der Waals surface area contributed by atoms with Gasteiger partial charge in [0.25, 0.3) is 5.56 Å². The molecule has 0 unspecified atom stereocenters. The van der Waals surface area contributed by atoms with Gasteiger partial charge in [-0.05, 0) is 44.5 Å². The highest BCUT2D eigenvalue weighted by Crippen LogP contribution is 2.24. The maximum atomic E-state index is 13.2. The third kappa shape index (κ3) is 4.65. The third-order valence-electron chi connectivity index (χ3n) is 5.35. The van der Waals surface area contributed by atoms with Gasteiger partial charge in [0, 0.05) is 32.0 Å². The van der Waals surface area contributed by atoms with E-state index < -0.39 is 0 Å². The molecule has 0 bridgehead atoms. The highest BCUT2D eigenvalue weighted by atomic mass is 32.2. The van der Waals surface area contributed by atoms with Gasteiger partial charge in [0.1, 0.15) is 0 Å². The first-order chi connectivity index (χ1) is 16.0. The van der Waals surface area contributed by atoms with Gasteiger partial charge in [-0.25, -0.2) is 0 Å². The molecule has 2 aromatic carbocycles. The standard InChI is InChI=1S/C24H27N5O3S/c1-17(2)28(18-10-5-4-6-11-18)21(30)16-33-24-26-25-23-27(14-9-15-32-3)22(31)19-12-7-8-13-20(19)29(23)24/h4-8,10-13,17H,9,14-16H2,1-3H3. The van der Waals surface area contributed by atoms with Crippen molar-refractivity contribution in [2.24, 2.45) is 0 Å². The lowest BCUT2D eigenvalue weighted by molar-refractivity contribution is -0.116. The van der Waals surface area contributed by atoms with Gasteiger partial charge < -0.3 is 9.64 Å². The second-order valence-corrected chi connectivity index (χ2v) is 8.86. The summed E-state index contributed by atoms with van der Waals surface area (Å²) in [5.41, 5.74) is 1.48. The van der Waals surface area contributed by atoms with Crippen LogP contribution in [0.25, 0.3) is 16.7 Å². The zero-order valence-corrected chi connectivity index (χ0v) is 19.8. The quantitative estimate of drug-likeness (QED) is 0.277. The molecule has 33 heavy (non-hydrogen) atoms. The number of nitrogens with zero attached hydrogens (tertiary/aromatic N) is 5. The number of fused-ring (bicyclic) bond motifs is 3. The van der Waals surface area contributed by atoms with Crippen molar-refractivity contribution in [3.63, 3.8) is 0 Å². The van der Waals surface area contributed by atoms with E-state index in [-0.39, 0.29) is 23.3 Å². The Balaban J connectivity index is 1.69. The number of carbonyl (C=O) groups is 1. The van der Waals surface area contributed by atoms with Crippen molar-refractivity contribution < 1.29 is 9.53 Å². The highest BCUT2D eigenvalue weighted by Gasteiger charge is 2.22. The lowest BCUT2D eigenvalue weighted by Crippen LogP contribution is -2.38. The van der Waals surface area contributed by atoms with Crippen LogP contribution in [0.4, 0.5) is 5.69 Å². The lowest BCUT2D eigenvalue weighted by atomic mass is 10.2. The van der Waals surface area contributed by atoms with Crippen LogP contribution < -0.4 is 10.5 Å². The molecule has 0 saturated carbocycles. The van der Waals surface area contributed by atoms with Gasteiger partial charge in [0.05, 0.1) is 16.7 Å². The molecule has 1 amide bonds.